The Morgan fingerprint density at radius 2 is 1.44 bits per heavy atom. The quantitative estimate of drug-likeness (QED) is 0.366. The van der Waals surface area contributed by atoms with Gasteiger partial charge in [0.2, 0.25) is 17.7 Å². The molecule has 3 amide bonds. The molecule has 4 rings (SSSR count). The van der Waals surface area contributed by atoms with Gasteiger partial charge in [-0.3, -0.25) is 24.2 Å². The first-order valence-electron chi connectivity index (χ1n) is 17.8. The summed E-state index contributed by atoms with van der Waals surface area (Å²) in [6.45, 7) is 13.0. The van der Waals surface area contributed by atoms with Crippen LogP contribution in [0.4, 0.5) is 0 Å². The molecular formula is C35H61N5O5. The van der Waals surface area contributed by atoms with Gasteiger partial charge < -0.3 is 19.9 Å². The molecule has 5 atom stereocenters. The smallest absolute Gasteiger partial charge is 0.329 e. The molecule has 0 spiro atoms. The van der Waals surface area contributed by atoms with Crippen molar-refractivity contribution in [1.29, 1.82) is 0 Å². The predicted molar refractivity (Wildman–Crippen MR) is 175 cm³/mol. The van der Waals surface area contributed by atoms with Crippen LogP contribution in [0.15, 0.2) is 0 Å². The molecule has 0 radical (unpaired) electrons. The molecule has 1 N–H and O–H groups in total. The molecule has 0 bridgehead atoms. The van der Waals surface area contributed by atoms with Crippen LogP contribution >= 0.6 is 0 Å². The van der Waals surface area contributed by atoms with Crippen molar-refractivity contribution in [2.24, 2.45) is 11.3 Å². The lowest BCUT2D eigenvalue weighted by molar-refractivity contribution is -0.160. The van der Waals surface area contributed by atoms with Crippen LogP contribution in [0.25, 0.3) is 0 Å². The summed E-state index contributed by atoms with van der Waals surface area (Å²) < 4.78 is 5.90. The summed E-state index contributed by atoms with van der Waals surface area (Å²) in [4.78, 5) is 62.7. The highest BCUT2D eigenvalue weighted by molar-refractivity contribution is 5.91. The van der Waals surface area contributed by atoms with Gasteiger partial charge in [-0.05, 0) is 95.7 Å². The summed E-state index contributed by atoms with van der Waals surface area (Å²) >= 11 is 0. The first-order chi connectivity index (χ1) is 21.3. The Labute approximate surface area is 271 Å². The molecule has 256 valence electrons. The fraction of sp³-hybridized carbons (Fsp3) is 0.886. The molecule has 10 nitrogen and oxygen atoms in total. The van der Waals surface area contributed by atoms with Crippen LogP contribution in [0.1, 0.15) is 112 Å². The number of hydrogen-bond donors (Lipinski definition) is 1. The number of rotatable bonds is 10. The normalized spacial score (nSPS) is 26.9. The zero-order valence-electron chi connectivity index (χ0n) is 29.2. The van der Waals surface area contributed by atoms with Crippen LogP contribution in [0, 0.1) is 11.3 Å². The maximum absolute atomic E-state index is 14.2. The molecule has 4 aliphatic rings. The highest BCUT2D eigenvalue weighted by atomic mass is 16.5. The number of amides is 3. The van der Waals surface area contributed by atoms with Crippen LogP contribution in [-0.4, -0.2) is 120 Å². The van der Waals surface area contributed by atoms with Gasteiger partial charge in [0.25, 0.3) is 0 Å². The van der Waals surface area contributed by atoms with Gasteiger partial charge >= 0.3 is 5.97 Å². The Balaban J connectivity index is 1.42. The topological polar surface area (TPSA) is 103 Å². The Kier molecular flexibility index (Phi) is 12.4. The Morgan fingerprint density at radius 1 is 0.822 bits per heavy atom. The van der Waals surface area contributed by atoms with E-state index in [0.717, 1.165) is 77.3 Å². The molecule has 10 heteroatoms. The summed E-state index contributed by atoms with van der Waals surface area (Å²) in [6.07, 6.45) is 11.2. The summed E-state index contributed by atoms with van der Waals surface area (Å²) in [5, 5.41) is 3.14. The molecule has 0 aromatic rings. The number of nitrogens with zero attached hydrogens (tertiary/aromatic N) is 4. The zero-order chi connectivity index (χ0) is 32.9. The lowest BCUT2D eigenvalue weighted by Crippen LogP contribution is -2.61. The number of hydrogen-bond acceptors (Lipinski definition) is 7. The number of likely N-dealkylation sites (tertiary alicyclic amines) is 3. The van der Waals surface area contributed by atoms with Crippen molar-refractivity contribution in [3.63, 3.8) is 0 Å². The van der Waals surface area contributed by atoms with Gasteiger partial charge in [-0.2, -0.15) is 0 Å². The molecule has 3 aliphatic heterocycles. The first-order valence-corrected chi connectivity index (χ1v) is 17.8. The van der Waals surface area contributed by atoms with E-state index < -0.39 is 17.5 Å². The largest absolute Gasteiger partial charge is 0.461 e. The third kappa shape index (κ3) is 8.79. The van der Waals surface area contributed by atoms with Gasteiger partial charge in [0.1, 0.15) is 18.2 Å². The number of esters is 1. The average Bonchev–Trinajstić information content (AvgIpc) is 3.68. The minimum Gasteiger partial charge on any atom is -0.461 e. The minimum atomic E-state index is -0.664. The minimum absolute atomic E-state index is 0.0167. The second-order valence-electron chi connectivity index (χ2n) is 15.6. The van der Waals surface area contributed by atoms with Crippen molar-refractivity contribution in [3.8, 4) is 0 Å². The molecule has 45 heavy (non-hydrogen) atoms. The number of ether oxygens (including phenoxy) is 1. The number of carbonyl (C=O) groups excluding carboxylic acids is 4. The highest BCUT2D eigenvalue weighted by Crippen LogP contribution is 2.30. The summed E-state index contributed by atoms with van der Waals surface area (Å²) in [6, 6.07) is -1.82. The molecule has 4 fully saturated rings. The standard InChI is InChI=1S/C35H61N5O5/c1-24(2)29(38(7)33(43)30(35(3,4)5)36-31(41)26-17-11-12-20-37(26)6)23-39-21-13-18-27(39)32(42)40-22-14-19-28(40)34(44)45-25-15-9-8-10-16-25/h24-30H,8-23H2,1-7H3,(H,36,41)/t26?,27-,28?,29+,30+/m0/s1. The molecule has 2 unspecified atom stereocenters. The van der Waals surface area contributed by atoms with E-state index in [2.05, 4.69) is 29.0 Å². The van der Waals surface area contributed by atoms with E-state index in [1.54, 1.807) is 4.90 Å². The van der Waals surface area contributed by atoms with E-state index in [9.17, 15) is 19.2 Å². The van der Waals surface area contributed by atoms with Crippen molar-refractivity contribution in [3.05, 3.63) is 0 Å². The predicted octanol–water partition coefficient (Wildman–Crippen LogP) is 3.82. The van der Waals surface area contributed by atoms with Gasteiger partial charge in [-0.25, -0.2) is 4.79 Å². The van der Waals surface area contributed by atoms with Gasteiger partial charge in [-0.15, -0.1) is 0 Å². The number of nitrogens with one attached hydrogen (secondary N) is 1. The summed E-state index contributed by atoms with van der Waals surface area (Å²) in [7, 11) is 3.82. The Morgan fingerprint density at radius 3 is 2.09 bits per heavy atom. The lowest BCUT2D eigenvalue weighted by Gasteiger charge is -2.41. The SMILES string of the molecule is CC(C)[C@@H](CN1CCC[C@H]1C(=O)N1CCCC1C(=O)OC1CCCCC1)N(C)C(=O)[C@@H](NC(=O)C1CCCCN1C)C(C)(C)C. The van der Waals surface area contributed by atoms with Crippen LogP contribution in [-0.2, 0) is 23.9 Å². The molecular weight excluding hydrogens is 570 g/mol. The third-order valence-electron chi connectivity index (χ3n) is 10.8. The van der Waals surface area contributed by atoms with Crippen molar-refractivity contribution in [2.75, 3.05) is 40.3 Å². The summed E-state index contributed by atoms with van der Waals surface area (Å²) in [5.41, 5.74) is -0.473. The maximum Gasteiger partial charge on any atom is 0.329 e. The molecule has 0 aromatic heterocycles. The van der Waals surface area contributed by atoms with E-state index in [-0.39, 0.29) is 53.8 Å². The fourth-order valence-corrected chi connectivity index (χ4v) is 7.90. The van der Waals surface area contributed by atoms with Crippen LogP contribution in [0.5, 0.6) is 0 Å². The number of likely N-dealkylation sites (N-methyl/N-ethyl adjacent to an activating group) is 2. The number of carbonyl (C=O) groups is 4. The second kappa shape index (κ2) is 15.6. The van der Waals surface area contributed by atoms with Crippen LogP contribution in [0.2, 0.25) is 0 Å². The Bertz CT molecular complexity index is 1040. The first kappa shape index (κ1) is 35.7. The molecule has 3 heterocycles. The fourth-order valence-electron chi connectivity index (χ4n) is 7.90. The van der Waals surface area contributed by atoms with Crippen molar-refractivity contribution in [1.82, 2.24) is 24.9 Å². The van der Waals surface area contributed by atoms with Gasteiger partial charge in [0.15, 0.2) is 0 Å². The second-order valence-corrected chi connectivity index (χ2v) is 15.6. The van der Waals surface area contributed by atoms with E-state index in [4.69, 9.17) is 4.74 Å². The van der Waals surface area contributed by atoms with Crippen LogP contribution in [0.3, 0.4) is 0 Å². The van der Waals surface area contributed by atoms with E-state index in [0.29, 0.717) is 19.5 Å². The lowest BCUT2D eigenvalue weighted by atomic mass is 9.84. The van der Waals surface area contributed by atoms with Gasteiger partial charge in [0, 0.05) is 26.2 Å². The van der Waals surface area contributed by atoms with Crippen LogP contribution < -0.4 is 5.32 Å². The molecule has 1 saturated carbocycles. The highest BCUT2D eigenvalue weighted by Gasteiger charge is 2.44. The van der Waals surface area contributed by atoms with Crippen molar-refractivity contribution in [2.45, 2.75) is 148 Å². The average molecular weight is 632 g/mol. The van der Waals surface area contributed by atoms with E-state index >= 15 is 0 Å². The van der Waals surface area contributed by atoms with Gasteiger partial charge in [-0.1, -0.05) is 47.5 Å². The van der Waals surface area contributed by atoms with Crippen molar-refractivity contribution < 1.29 is 23.9 Å². The van der Waals surface area contributed by atoms with E-state index in [1.165, 1.54) is 6.42 Å². The Hall–Kier alpha value is -2.20. The van der Waals surface area contributed by atoms with Gasteiger partial charge in [0.05, 0.1) is 12.1 Å². The number of piperidine rings is 1. The third-order valence-corrected chi connectivity index (χ3v) is 10.8. The van der Waals surface area contributed by atoms with E-state index in [1.807, 2.05) is 39.8 Å². The monoisotopic (exact) mass is 631 g/mol. The van der Waals surface area contributed by atoms with Crippen molar-refractivity contribution >= 4 is 23.7 Å². The molecule has 0 aromatic carbocycles. The zero-order valence-corrected chi connectivity index (χ0v) is 29.2. The molecule has 1 aliphatic carbocycles. The summed E-state index contributed by atoms with van der Waals surface area (Å²) in [5.74, 6) is -0.255. The molecule has 3 saturated heterocycles. The maximum atomic E-state index is 14.2.